The number of nitrogens with zero attached hydrogens (tertiary/aromatic N) is 1. The van der Waals surface area contributed by atoms with Crippen LogP contribution in [0.25, 0.3) is 0 Å². The second-order valence-corrected chi connectivity index (χ2v) is 7.00. The number of likely N-dealkylation sites (tertiary alicyclic amines) is 1. The highest BCUT2D eigenvalue weighted by Crippen LogP contribution is 2.37. The second kappa shape index (κ2) is 6.19. The Hall–Kier alpha value is -0.710. The number of amides is 1. The Morgan fingerprint density at radius 1 is 1.05 bits per heavy atom. The molecule has 0 aromatic rings. The molecule has 3 fully saturated rings. The van der Waals surface area contributed by atoms with Crippen molar-refractivity contribution in [3.05, 3.63) is 0 Å². The van der Waals surface area contributed by atoms with E-state index >= 15 is 0 Å². The topological polar surface area (TPSA) is 32.3 Å². The van der Waals surface area contributed by atoms with Gasteiger partial charge in [0.05, 0.1) is 0 Å². The van der Waals surface area contributed by atoms with Gasteiger partial charge in [-0.25, -0.2) is 8.78 Å². The summed E-state index contributed by atoms with van der Waals surface area (Å²) >= 11 is 0. The largest absolute Gasteiger partial charge is 0.342 e. The summed E-state index contributed by atoms with van der Waals surface area (Å²) in [7, 11) is 0. The van der Waals surface area contributed by atoms with E-state index in [0.29, 0.717) is 24.8 Å². The fourth-order valence-electron chi connectivity index (χ4n) is 4.18. The van der Waals surface area contributed by atoms with E-state index < -0.39 is 5.92 Å². The SMILES string of the molecule is O=C(C1CCC(F)(F)CC1)N1CCC(C2CCCN2)CC1. The Labute approximate surface area is 125 Å². The third kappa shape index (κ3) is 3.55. The molecule has 0 radical (unpaired) electrons. The van der Waals surface area contributed by atoms with Gasteiger partial charge >= 0.3 is 0 Å². The molecule has 5 heteroatoms. The van der Waals surface area contributed by atoms with Crippen LogP contribution in [-0.4, -0.2) is 42.4 Å². The van der Waals surface area contributed by atoms with Crippen molar-refractivity contribution in [3.63, 3.8) is 0 Å². The summed E-state index contributed by atoms with van der Waals surface area (Å²) in [6.45, 7) is 2.75. The van der Waals surface area contributed by atoms with Crippen LogP contribution >= 0.6 is 0 Å². The van der Waals surface area contributed by atoms with Crippen LogP contribution < -0.4 is 5.32 Å². The number of alkyl halides is 2. The van der Waals surface area contributed by atoms with E-state index in [1.165, 1.54) is 12.8 Å². The molecule has 21 heavy (non-hydrogen) atoms. The summed E-state index contributed by atoms with van der Waals surface area (Å²) in [6.07, 6.45) is 5.12. The van der Waals surface area contributed by atoms with E-state index in [1.54, 1.807) is 0 Å². The van der Waals surface area contributed by atoms with Gasteiger partial charge < -0.3 is 10.2 Å². The smallest absolute Gasteiger partial charge is 0.248 e. The molecule has 2 saturated heterocycles. The van der Waals surface area contributed by atoms with Crippen molar-refractivity contribution >= 4 is 5.91 Å². The van der Waals surface area contributed by atoms with Gasteiger partial charge in [0, 0.05) is 37.9 Å². The van der Waals surface area contributed by atoms with Gasteiger partial charge in [0.25, 0.3) is 0 Å². The van der Waals surface area contributed by atoms with Crippen molar-refractivity contribution in [3.8, 4) is 0 Å². The first-order valence-corrected chi connectivity index (χ1v) is 8.45. The van der Waals surface area contributed by atoms with Crippen LogP contribution in [0.15, 0.2) is 0 Å². The van der Waals surface area contributed by atoms with Gasteiger partial charge in [-0.05, 0) is 51.0 Å². The Balaban J connectivity index is 1.46. The van der Waals surface area contributed by atoms with Crippen molar-refractivity contribution in [1.82, 2.24) is 10.2 Å². The number of carbonyl (C=O) groups is 1. The molecule has 1 saturated carbocycles. The number of piperidine rings is 1. The zero-order chi connectivity index (χ0) is 14.9. The van der Waals surface area contributed by atoms with Crippen LogP contribution in [0.1, 0.15) is 51.4 Å². The van der Waals surface area contributed by atoms with Gasteiger partial charge in [-0.3, -0.25) is 4.79 Å². The summed E-state index contributed by atoms with van der Waals surface area (Å²) in [5.41, 5.74) is 0. The number of rotatable bonds is 2. The van der Waals surface area contributed by atoms with Gasteiger partial charge in [0.15, 0.2) is 0 Å². The first-order valence-electron chi connectivity index (χ1n) is 8.45. The molecule has 2 heterocycles. The lowest BCUT2D eigenvalue weighted by atomic mass is 9.84. The minimum Gasteiger partial charge on any atom is -0.342 e. The molecule has 3 rings (SSSR count). The number of hydrogen-bond acceptors (Lipinski definition) is 2. The Bertz CT molecular complexity index is 364. The van der Waals surface area contributed by atoms with Crippen LogP contribution in [0.3, 0.4) is 0 Å². The summed E-state index contributed by atoms with van der Waals surface area (Å²) in [4.78, 5) is 14.4. The minimum absolute atomic E-state index is 0.119. The molecule has 0 aromatic carbocycles. The molecular formula is C16H26F2N2O. The average Bonchev–Trinajstić information content (AvgIpc) is 3.01. The van der Waals surface area contributed by atoms with Crippen LogP contribution in [-0.2, 0) is 4.79 Å². The standard InChI is InChI=1S/C16H26F2N2O/c17-16(18)7-3-13(4-8-16)15(21)20-10-5-12(6-11-20)14-2-1-9-19-14/h12-14,19H,1-11H2. The average molecular weight is 300 g/mol. The summed E-state index contributed by atoms with van der Waals surface area (Å²) in [5, 5.41) is 3.56. The predicted molar refractivity (Wildman–Crippen MR) is 77.2 cm³/mol. The molecule has 3 nitrogen and oxygen atoms in total. The van der Waals surface area contributed by atoms with E-state index in [4.69, 9.17) is 0 Å². The fourth-order valence-corrected chi connectivity index (χ4v) is 4.18. The van der Waals surface area contributed by atoms with E-state index in [2.05, 4.69) is 5.32 Å². The zero-order valence-electron chi connectivity index (χ0n) is 12.6. The lowest BCUT2D eigenvalue weighted by Gasteiger charge is -2.38. The molecule has 120 valence electrons. The molecular weight excluding hydrogens is 274 g/mol. The normalized spacial score (nSPS) is 31.5. The van der Waals surface area contributed by atoms with E-state index in [0.717, 1.165) is 32.5 Å². The fraction of sp³-hybridized carbons (Fsp3) is 0.938. The molecule has 0 aromatic heterocycles. The van der Waals surface area contributed by atoms with Crippen molar-refractivity contribution in [2.45, 2.75) is 63.3 Å². The number of nitrogens with one attached hydrogen (secondary N) is 1. The first-order chi connectivity index (χ1) is 10.1. The highest BCUT2D eigenvalue weighted by atomic mass is 19.3. The monoisotopic (exact) mass is 300 g/mol. The van der Waals surface area contributed by atoms with Crippen LogP contribution in [0, 0.1) is 11.8 Å². The third-order valence-corrected chi connectivity index (χ3v) is 5.59. The Morgan fingerprint density at radius 3 is 2.29 bits per heavy atom. The lowest BCUT2D eigenvalue weighted by Crippen LogP contribution is -2.46. The van der Waals surface area contributed by atoms with Gasteiger partial charge in [0.2, 0.25) is 11.8 Å². The van der Waals surface area contributed by atoms with Gasteiger partial charge in [-0.15, -0.1) is 0 Å². The lowest BCUT2D eigenvalue weighted by molar-refractivity contribution is -0.141. The Morgan fingerprint density at radius 2 is 1.71 bits per heavy atom. The van der Waals surface area contributed by atoms with Crippen LogP contribution in [0.4, 0.5) is 8.78 Å². The van der Waals surface area contributed by atoms with Crippen molar-refractivity contribution in [1.29, 1.82) is 0 Å². The first kappa shape index (κ1) is 15.2. The predicted octanol–water partition coefficient (Wildman–Crippen LogP) is 2.80. The second-order valence-electron chi connectivity index (χ2n) is 7.00. The van der Waals surface area contributed by atoms with Gasteiger partial charge in [0.1, 0.15) is 0 Å². The maximum atomic E-state index is 13.2. The summed E-state index contributed by atoms with van der Waals surface area (Å²) < 4.78 is 26.4. The highest BCUT2D eigenvalue weighted by Gasteiger charge is 2.39. The summed E-state index contributed by atoms with van der Waals surface area (Å²) in [5.74, 6) is -1.89. The highest BCUT2D eigenvalue weighted by molar-refractivity contribution is 5.79. The quantitative estimate of drug-likeness (QED) is 0.850. The van der Waals surface area contributed by atoms with E-state index in [1.807, 2.05) is 4.90 Å². The maximum absolute atomic E-state index is 13.2. The Kier molecular flexibility index (Phi) is 4.48. The molecule has 1 aliphatic carbocycles. The number of halogens is 2. The molecule has 2 aliphatic heterocycles. The van der Waals surface area contributed by atoms with Gasteiger partial charge in [-0.1, -0.05) is 0 Å². The molecule has 1 atom stereocenters. The van der Waals surface area contributed by atoms with Crippen molar-refractivity contribution in [2.75, 3.05) is 19.6 Å². The minimum atomic E-state index is -2.54. The van der Waals surface area contributed by atoms with E-state index in [-0.39, 0.29) is 24.7 Å². The summed E-state index contributed by atoms with van der Waals surface area (Å²) in [6, 6.07) is 0.635. The third-order valence-electron chi connectivity index (χ3n) is 5.59. The van der Waals surface area contributed by atoms with Gasteiger partial charge in [-0.2, -0.15) is 0 Å². The van der Waals surface area contributed by atoms with E-state index in [9.17, 15) is 13.6 Å². The molecule has 3 aliphatic rings. The maximum Gasteiger partial charge on any atom is 0.248 e. The van der Waals surface area contributed by atoms with Crippen molar-refractivity contribution in [2.24, 2.45) is 11.8 Å². The number of carbonyl (C=O) groups excluding carboxylic acids is 1. The van der Waals surface area contributed by atoms with Crippen LogP contribution in [0.2, 0.25) is 0 Å². The molecule has 0 spiro atoms. The molecule has 1 N–H and O–H groups in total. The van der Waals surface area contributed by atoms with Crippen molar-refractivity contribution < 1.29 is 13.6 Å². The molecule has 1 amide bonds. The molecule has 1 unspecified atom stereocenters. The zero-order valence-corrected chi connectivity index (χ0v) is 12.6. The van der Waals surface area contributed by atoms with Crippen LogP contribution in [0.5, 0.6) is 0 Å². The number of hydrogen-bond donors (Lipinski definition) is 1. The molecule has 0 bridgehead atoms.